The van der Waals surface area contributed by atoms with Gasteiger partial charge in [0.1, 0.15) is 18.7 Å². The molecule has 3 heterocycles. The van der Waals surface area contributed by atoms with E-state index >= 15 is 0 Å². The Morgan fingerprint density at radius 3 is 2.52 bits per heavy atom. The van der Waals surface area contributed by atoms with E-state index in [-0.39, 0.29) is 16.8 Å². The zero-order valence-electron chi connectivity index (χ0n) is 13.6. The molecule has 1 atom stereocenters. The Balaban J connectivity index is 1.46. The summed E-state index contributed by atoms with van der Waals surface area (Å²) in [5.74, 6) is -0.153. The zero-order valence-corrected chi connectivity index (χ0v) is 14.4. The molecule has 0 aliphatic carbocycles. The molecule has 1 saturated heterocycles. The standard InChI is InChI=1S/C16H19N5O3S/c22-16(20-7-5-13(6-8-20)21-10-17-18-11-21)14-9-12-3-1-2-4-15(12)25(23,24)19-14/h1-4,10-11,13-14,19H,5-9H2/t14-/m1/s1. The first-order chi connectivity index (χ1) is 12.0. The second-order valence-electron chi connectivity index (χ2n) is 6.45. The van der Waals surface area contributed by atoms with Gasteiger partial charge in [0, 0.05) is 19.1 Å². The lowest BCUT2D eigenvalue weighted by molar-refractivity contribution is -0.134. The van der Waals surface area contributed by atoms with Crippen LogP contribution in [0.5, 0.6) is 0 Å². The molecule has 0 radical (unpaired) electrons. The molecule has 4 rings (SSSR count). The number of piperidine rings is 1. The Morgan fingerprint density at radius 1 is 1.12 bits per heavy atom. The lowest BCUT2D eigenvalue weighted by Gasteiger charge is -2.35. The second kappa shape index (κ2) is 6.23. The molecule has 0 spiro atoms. The van der Waals surface area contributed by atoms with Crippen molar-refractivity contribution in [3.8, 4) is 0 Å². The van der Waals surface area contributed by atoms with Gasteiger partial charge in [-0.15, -0.1) is 10.2 Å². The van der Waals surface area contributed by atoms with Crippen molar-refractivity contribution in [2.45, 2.75) is 36.2 Å². The minimum Gasteiger partial charge on any atom is -0.341 e. The van der Waals surface area contributed by atoms with E-state index in [1.807, 2.05) is 4.57 Å². The fourth-order valence-electron chi connectivity index (χ4n) is 3.59. The molecule has 132 valence electrons. The number of sulfonamides is 1. The molecule has 1 amide bonds. The second-order valence-corrected chi connectivity index (χ2v) is 8.13. The predicted octanol–water partition coefficient (Wildman–Crippen LogP) is 0.345. The van der Waals surface area contributed by atoms with Gasteiger partial charge in [0.05, 0.1) is 4.90 Å². The van der Waals surface area contributed by atoms with E-state index in [0.29, 0.717) is 25.1 Å². The number of hydrogen-bond donors (Lipinski definition) is 1. The Morgan fingerprint density at radius 2 is 1.80 bits per heavy atom. The number of nitrogens with zero attached hydrogens (tertiary/aromatic N) is 4. The molecule has 0 saturated carbocycles. The Kier molecular flexibility index (Phi) is 4.04. The number of fused-ring (bicyclic) bond motifs is 1. The SMILES string of the molecule is O=C([C@H]1Cc2ccccc2S(=O)(=O)N1)N1CCC(n2cnnc2)CC1. The fourth-order valence-corrected chi connectivity index (χ4v) is 5.03. The first-order valence-electron chi connectivity index (χ1n) is 8.28. The van der Waals surface area contributed by atoms with E-state index in [4.69, 9.17) is 0 Å². The van der Waals surface area contributed by atoms with Gasteiger partial charge in [-0.05, 0) is 30.9 Å². The Labute approximate surface area is 145 Å². The molecule has 0 unspecified atom stereocenters. The molecule has 9 heteroatoms. The Bertz CT molecular complexity index is 873. The van der Waals surface area contributed by atoms with Crippen LogP contribution in [0.25, 0.3) is 0 Å². The molecule has 1 aromatic heterocycles. The smallest absolute Gasteiger partial charge is 0.241 e. The normalized spacial score (nSPS) is 23.2. The van der Waals surface area contributed by atoms with Crippen LogP contribution in [0.15, 0.2) is 41.8 Å². The molecule has 2 aliphatic heterocycles. The van der Waals surface area contributed by atoms with Crippen LogP contribution in [0.2, 0.25) is 0 Å². The molecule has 2 aliphatic rings. The summed E-state index contributed by atoms with van der Waals surface area (Å²) in [4.78, 5) is 14.8. The van der Waals surface area contributed by atoms with Gasteiger partial charge >= 0.3 is 0 Å². The van der Waals surface area contributed by atoms with Gasteiger partial charge < -0.3 is 9.47 Å². The van der Waals surface area contributed by atoms with Crippen molar-refractivity contribution in [2.24, 2.45) is 0 Å². The minimum atomic E-state index is -3.64. The average molecular weight is 361 g/mol. The van der Waals surface area contributed by atoms with E-state index in [1.54, 1.807) is 41.8 Å². The lowest BCUT2D eigenvalue weighted by atomic mass is 10.0. The quantitative estimate of drug-likeness (QED) is 0.832. The van der Waals surface area contributed by atoms with Crippen LogP contribution in [-0.4, -0.2) is 53.1 Å². The molecule has 1 fully saturated rings. The minimum absolute atomic E-state index is 0.153. The number of rotatable bonds is 2. The fraction of sp³-hybridized carbons (Fsp3) is 0.438. The van der Waals surface area contributed by atoms with Crippen LogP contribution in [-0.2, 0) is 21.2 Å². The van der Waals surface area contributed by atoms with Gasteiger partial charge in [-0.25, -0.2) is 8.42 Å². The van der Waals surface area contributed by atoms with Crippen LogP contribution >= 0.6 is 0 Å². The number of hydrogen-bond acceptors (Lipinski definition) is 5. The van der Waals surface area contributed by atoms with Crippen molar-refractivity contribution in [3.05, 3.63) is 42.5 Å². The van der Waals surface area contributed by atoms with Crippen molar-refractivity contribution in [2.75, 3.05) is 13.1 Å². The molecule has 25 heavy (non-hydrogen) atoms. The summed E-state index contributed by atoms with van der Waals surface area (Å²) in [5.41, 5.74) is 0.693. The molecule has 1 N–H and O–H groups in total. The third-order valence-corrected chi connectivity index (χ3v) is 6.49. The molecular formula is C16H19N5O3S. The largest absolute Gasteiger partial charge is 0.341 e. The molecule has 1 aromatic carbocycles. The third kappa shape index (κ3) is 3.05. The third-order valence-electron chi connectivity index (χ3n) is 4.92. The summed E-state index contributed by atoms with van der Waals surface area (Å²) in [6, 6.07) is 6.38. The van der Waals surface area contributed by atoms with E-state index in [0.717, 1.165) is 12.8 Å². The monoisotopic (exact) mass is 361 g/mol. The van der Waals surface area contributed by atoms with Gasteiger partial charge in [-0.2, -0.15) is 4.72 Å². The highest BCUT2D eigenvalue weighted by molar-refractivity contribution is 7.89. The first kappa shape index (κ1) is 16.2. The summed E-state index contributed by atoms with van der Waals surface area (Å²) in [6.07, 6.45) is 5.38. The summed E-state index contributed by atoms with van der Waals surface area (Å²) in [5, 5.41) is 7.64. The molecular weight excluding hydrogens is 342 g/mol. The van der Waals surface area contributed by atoms with Crippen molar-refractivity contribution in [1.29, 1.82) is 0 Å². The van der Waals surface area contributed by atoms with Gasteiger partial charge in [0.15, 0.2) is 0 Å². The number of benzene rings is 1. The highest BCUT2D eigenvalue weighted by Gasteiger charge is 2.36. The molecule has 0 bridgehead atoms. The molecule has 2 aromatic rings. The van der Waals surface area contributed by atoms with E-state index in [9.17, 15) is 13.2 Å². The Hall–Kier alpha value is -2.26. The zero-order chi connectivity index (χ0) is 17.4. The lowest BCUT2D eigenvalue weighted by Crippen LogP contribution is -2.53. The topological polar surface area (TPSA) is 97.2 Å². The highest BCUT2D eigenvalue weighted by Crippen LogP contribution is 2.26. The van der Waals surface area contributed by atoms with E-state index in [1.165, 1.54) is 0 Å². The molecule has 8 nitrogen and oxygen atoms in total. The number of likely N-dealkylation sites (tertiary alicyclic amines) is 1. The average Bonchev–Trinajstić information content (AvgIpc) is 3.15. The predicted molar refractivity (Wildman–Crippen MR) is 89.1 cm³/mol. The number of amides is 1. The van der Waals surface area contributed by atoms with E-state index in [2.05, 4.69) is 14.9 Å². The maximum absolute atomic E-state index is 12.8. The van der Waals surface area contributed by atoms with Gasteiger partial charge in [-0.1, -0.05) is 18.2 Å². The summed E-state index contributed by atoms with van der Waals surface area (Å²) in [6.45, 7) is 1.20. The van der Waals surface area contributed by atoms with Crippen molar-refractivity contribution in [3.63, 3.8) is 0 Å². The van der Waals surface area contributed by atoms with Crippen LogP contribution in [0.3, 0.4) is 0 Å². The summed E-state index contributed by atoms with van der Waals surface area (Å²) < 4.78 is 29.3. The van der Waals surface area contributed by atoms with Crippen LogP contribution in [0.4, 0.5) is 0 Å². The van der Waals surface area contributed by atoms with Gasteiger partial charge in [-0.3, -0.25) is 4.79 Å². The number of carbonyl (C=O) groups excluding carboxylic acids is 1. The maximum Gasteiger partial charge on any atom is 0.241 e. The maximum atomic E-state index is 12.8. The van der Waals surface area contributed by atoms with Crippen LogP contribution in [0.1, 0.15) is 24.4 Å². The number of carbonyl (C=O) groups is 1. The summed E-state index contributed by atoms with van der Waals surface area (Å²) >= 11 is 0. The van der Waals surface area contributed by atoms with Gasteiger partial charge in [0.2, 0.25) is 15.9 Å². The van der Waals surface area contributed by atoms with Crippen molar-refractivity contribution in [1.82, 2.24) is 24.4 Å². The van der Waals surface area contributed by atoms with Crippen molar-refractivity contribution >= 4 is 15.9 Å². The summed E-state index contributed by atoms with van der Waals surface area (Å²) in [7, 11) is -3.64. The van der Waals surface area contributed by atoms with Gasteiger partial charge in [0.25, 0.3) is 0 Å². The highest BCUT2D eigenvalue weighted by atomic mass is 32.2. The van der Waals surface area contributed by atoms with Crippen LogP contribution < -0.4 is 4.72 Å². The number of aromatic nitrogens is 3. The first-order valence-corrected chi connectivity index (χ1v) is 9.76. The van der Waals surface area contributed by atoms with Crippen molar-refractivity contribution < 1.29 is 13.2 Å². The van der Waals surface area contributed by atoms with Crippen LogP contribution in [0, 0.1) is 0 Å². The van der Waals surface area contributed by atoms with E-state index < -0.39 is 16.1 Å². The number of nitrogens with one attached hydrogen (secondary N) is 1.